The van der Waals surface area contributed by atoms with Crippen LogP contribution >= 0.6 is 0 Å². The van der Waals surface area contributed by atoms with Gasteiger partial charge in [0.2, 0.25) is 0 Å². The number of hydrogen-bond donors (Lipinski definition) is 1. The summed E-state index contributed by atoms with van der Waals surface area (Å²) in [4.78, 5) is 0. The standard InChI is InChI=1S/C14H29N/c1-6-14(4,5)8-13-10-15-9-12(13)7-11(2)3/h11-13,15H,6-10H2,1-5H3. The van der Waals surface area contributed by atoms with Crippen LogP contribution in [0.15, 0.2) is 0 Å². The van der Waals surface area contributed by atoms with Crippen molar-refractivity contribution >= 4 is 0 Å². The molecule has 1 nitrogen and oxygen atoms in total. The fourth-order valence-electron chi connectivity index (χ4n) is 2.76. The van der Waals surface area contributed by atoms with Crippen LogP contribution in [-0.2, 0) is 0 Å². The molecule has 1 rings (SSSR count). The Morgan fingerprint density at radius 1 is 1.20 bits per heavy atom. The van der Waals surface area contributed by atoms with Crippen LogP contribution in [0.5, 0.6) is 0 Å². The highest BCUT2D eigenvalue weighted by atomic mass is 14.9. The largest absolute Gasteiger partial charge is 0.316 e. The van der Waals surface area contributed by atoms with Crippen LogP contribution in [-0.4, -0.2) is 13.1 Å². The van der Waals surface area contributed by atoms with E-state index in [1.165, 1.54) is 32.4 Å². The highest BCUT2D eigenvalue weighted by molar-refractivity contribution is 4.85. The van der Waals surface area contributed by atoms with Crippen LogP contribution in [0.3, 0.4) is 0 Å². The average molecular weight is 211 g/mol. The highest BCUT2D eigenvalue weighted by Crippen LogP contribution is 2.36. The molecule has 1 heteroatoms. The number of rotatable bonds is 5. The topological polar surface area (TPSA) is 12.0 Å². The summed E-state index contributed by atoms with van der Waals surface area (Å²) >= 11 is 0. The Kier molecular flexibility index (Phi) is 4.64. The molecular weight excluding hydrogens is 182 g/mol. The van der Waals surface area contributed by atoms with Crippen molar-refractivity contribution in [1.82, 2.24) is 5.32 Å². The molecule has 0 radical (unpaired) electrons. The molecule has 0 aromatic carbocycles. The van der Waals surface area contributed by atoms with Crippen molar-refractivity contribution in [3.05, 3.63) is 0 Å². The molecule has 0 aromatic heterocycles. The van der Waals surface area contributed by atoms with E-state index in [-0.39, 0.29) is 0 Å². The third-order valence-electron chi connectivity index (χ3n) is 4.03. The number of nitrogens with one attached hydrogen (secondary N) is 1. The van der Waals surface area contributed by atoms with Gasteiger partial charge in [0, 0.05) is 0 Å². The Labute approximate surface area is 96.0 Å². The molecule has 1 aliphatic rings. The lowest BCUT2D eigenvalue weighted by Gasteiger charge is -2.30. The quantitative estimate of drug-likeness (QED) is 0.731. The summed E-state index contributed by atoms with van der Waals surface area (Å²) in [5, 5.41) is 3.57. The average Bonchev–Trinajstić information content (AvgIpc) is 2.51. The molecule has 0 aliphatic carbocycles. The molecule has 0 aromatic rings. The summed E-state index contributed by atoms with van der Waals surface area (Å²) in [6, 6.07) is 0. The van der Waals surface area contributed by atoms with Gasteiger partial charge in [-0.1, -0.05) is 41.0 Å². The van der Waals surface area contributed by atoms with E-state index in [1.807, 2.05) is 0 Å². The molecule has 1 aliphatic heterocycles. The van der Waals surface area contributed by atoms with Crippen molar-refractivity contribution in [2.45, 2.75) is 53.9 Å². The Morgan fingerprint density at radius 2 is 1.80 bits per heavy atom. The number of hydrogen-bond acceptors (Lipinski definition) is 1. The van der Waals surface area contributed by atoms with Gasteiger partial charge >= 0.3 is 0 Å². The summed E-state index contributed by atoms with van der Waals surface area (Å²) in [5.41, 5.74) is 0.534. The SMILES string of the molecule is CCC(C)(C)CC1CNCC1CC(C)C. The van der Waals surface area contributed by atoms with Gasteiger partial charge in [0.25, 0.3) is 0 Å². The van der Waals surface area contributed by atoms with E-state index in [4.69, 9.17) is 0 Å². The maximum Gasteiger partial charge on any atom is -0.00171 e. The molecule has 0 bridgehead atoms. The lowest BCUT2D eigenvalue weighted by atomic mass is 9.75. The molecule has 0 saturated carbocycles. The lowest BCUT2D eigenvalue weighted by Crippen LogP contribution is -2.22. The molecular formula is C14H29N. The fourth-order valence-corrected chi connectivity index (χ4v) is 2.76. The molecule has 1 heterocycles. The van der Waals surface area contributed by atoms with Crippen LogP contribution in [0.1, 0.15) is 53.9 Å². The first-order valence-corrected chi connectivity index (χ1v) is 6.65. The van der Waals surface area contributed by atoms with Gasteiger partial charge in [-0.25, -0.2) is 0 Å². The van der Waals surface area contributed by atoms with Gasteiger partial charge in [-0.05, 0) is 49.1 Å². The van der Waals surface area contributed by atoms with Gasteiger partial charge in [-0.15, -0.1) is 0 Å². The third kappa shape index (κ3) is 4.14. The normalized spacial score (nSPS) is 27.6. The second-order valence-corrected chi connectivity index (χ2v) is 6.53. The third-order valence-corrected chi connectivity index (χ3v) is 4.03. The molecule has 1 N–H and O–H groups in total. The van der Waals surface area contributed by atoms with Crippen molar-refractivity contribution in [3.8, 4) is 0 Å². The van der Waals surface area contributed by atoms with Crippen LogP contribution in [0.2, 0.25) is 0 Å². The van der Waals surface area contributed by atoms with Crippen molar-refractivity contribution in [2.75, 3.05) is 13.1 Å². The van der Waals surface area contributed by atoms with E-state index in [0.29, 0.717) is 5.41 Å². The Balaban J connectivity index is 2.46. The van der Waals surface area contributed by atoms with Crippen molar-refractivity contribution < 1.29 is 0 Å². The van der Waals surface area contributed by atoms with Gasteiger partial charge < -0.3 is 5.32 Å². The minimum atomic E-state index is 0.534. The smallest absolute Gasteiger partial charge is 0.00171 e. The highest BCUT2D eigenvalue weighted by Gasteiger charge is 2.31. The summed E-state index contributed by atoms with van der Waals surface area (Å²) in [6.07, 6.45) is 4.10. The molecule has 1 fully saturated rings. The summed E-state index contributed by atoms with van der Waals surface area (Å²) < 4.78 is 0. The van der Waals surface area contributed by atoms with Crippen LogP contribution in [0.25, 0.3) is 0 Å². The van der Waals surface area contributed by atoms with E-state index in [1.54, 1.807) is 0 Å². The fraction of sp³-hybridized carbons (Fsp3) is 1.00. The van der Waals surface area contributed by atoms with E-state index >= 15 is 0 Å². The molecule has 0 spiro atoms. The first kappa shape index (κ1) is 13.0. The predicted octanol–water partition coefficient (Wildman–Crippen LogP) is 3.69. The van der Waals surface area contributed by atoms with Crippen molar-refractivity contribution in [1.29, 1.82) is 0 Å². The first-order chi connectivity index (χ1) is 6.94. The molecule has 2 atom stereocenters. The maximum atomic E-state index is 3.57. The predicted molar refractivity (Wildman–Crippen MR) is 68.0 cm³/mol. The second kappa shape index (κ2) is 5.34. The summed E-state index contributed by atoms with van der Waals surface area (Å²) in [5.74, 6) is 2.69. The van der Waals surface area contributed by atoms with E-state index in [9.17, 15) is 0 Å². The minimum Gasteiger partial charge on any atom is -0.316 e. The van der Waals surface area contributed by atoms with Crippen LogP contribution in [0, 0.1) is 23.2 Å². The zero-order valence-corrected chi connectivity index (χ0v) is 11.3. The lowest BCUT2D eigenvalue weighted by molar-refractivity contribution is 0.218. The van der Waals surface area contributed by atoms with Crippen molar-refractivity contribution in [3.63, 3.8) is 0 Å². The van der Waals surface area contributed by atoms with Gasteiger partial charge in [0.15, 0.2) is 0 Å². The molecule has 1 saturated heterocycles. The minimum absolute atomic E-state index is 0.534. The second-order valence-electron chi connectivity index (χ2n) is 6.53. The Morgan fingerprint density at radius 3 is 2.33 bits per heavy atom. The molecule has 0 amide bonds. The van der Waals surface area contributed by atoms with Gasteiger partial charge in [-0.2, -0.15) is 0 Å². The molecule has 90 valence electrons. The molecule has 2 unspecified atom stereocenters. The molecule has 15 heavy (non-hydrogen) atoms. The van der Waals surface area contributed by atoms with Crippen molar-refractivity contribution in [2.24, 2.45) is 23.2 Å². The van der Waals surface area contributed by atoms with E-state index in [2.05, 4.69) is 39.9 Å². The van der Waals surface area contributed by atoms with E-state index < -0.39 is 0 Å². The summed E-state index contributed by atoms with van der Waals surface area (Å²) in [6.45, 7) is 14.3. The Hall–Kier alpha value is -0.0400. The zero-order valence-electron chi connectivity index (χ0n) is 11.3. The Bertz CT molecular complexity index is 184. The van der Waals surface area contributed by atoms with Gasteiger partial charge in [0.05, 0.1) is 0 Å². The zero-order chi connectivity index (χ0) is 11.5. The maximum absolute atomic E-state index is 3.57. The summed E-state index contributed by atoms with van der Waals surface area (Å²) in [7, 11) is 0. The van der Waals surface area contributed by atoms with Crippen LogP contribution in [0.4, 0.5) is 0 Å². The monoisotopic (exact) mass is 211 g/mol. The first-order valence-electron chi connectivity index (χ1n) is 6.65. The van der Waals surface area contributed by atoms with Crippen LogP contribution < -0.4 is 5.32 Å². The van der Waals surface area contributed by atoms with E-state index in [0.717, 1.165) is 17.8 Å². The van der Waals surface area contributed by atoms with Gasteiger partial charge in [-0.3, -0.25) is 0 Å². The van der Waals surface area contributed by atoms with Gasteiger partial charge in [0.1, 0.15) is 0 Å².